The Bertz CT molecular complexity index is 2510. The van der Waals surface area contributed by atoms with Gasteiger partial charge in [-0.3, -0.25) is 18.7 Å². The number of fused-ring (bicyclic) bond motifs is 2. The van der Waals surface area contributed by atoms with Gasteiger partial charge in [0.05, 0.1) is 37.4 Å². The molecule has 0 unspecified atom stereocenters. The lowest BCUT2D eigenvalue weighted by Crippen LogP contribution is -2.51. The summed E-state index contributed by atoms with van der Waals surface area (Å²) in [6.45, 7) is 23.6. The fourth-order valence-electron chi connectivity index (χ4n) is 7.58. The highest BCUT2D eigenvalue weighted by Gasteiger charge is 2.51. The molecule has 364 valence electrons. The molecule has 2 fully saturated rings. The van der Waals surface area contributed by atoms with E-state index < -0.39 is 47.3 Å². The third-order valence-electron chi connectivity index (χ3n) is 13.7. The number of nitrogens with zero attached hydrogens (tertiary/aromatic N) is 8. The van der Waals surface area contributed by atoms with E-state index in [9.17, 15) is 14.7 Å². The van der Waals surface area contributed by atoms with Crippen LogP contribution in [0.4, 0.5) is 11.6 Å². The predicted octanol–water partition coefficient (Wildman–Crippen LogP) is 6.79. The van der Waals surface area contributed by atoms with Gasteiger partial charge in [-0.1, -0.05) is 84.9 Å². The van der Waals surface area contributed by atoms with E-state index in [0.29, 0.717) is 45.1 Å². The standard InChI is InChI=1S/C24H34N6O3Si.C23H32N6O4Si/c1-7-16-17(25)19(33-34(5,6)24(2,3)4)23(32-16)30-14-28-18-20(26-13-27-21(18)30)29-22(31)15-11-9-8-10-12-15;1-23(2,3)34(4,5)33-18-16(24)15(11-30)32-22(18)29-13-27-17-19(25-12-26-20(17)29)28-21(31)14-9-7-6-8-10-14/h8-14,16-17,19,23H,7,25H2,1-6H3,(H,26,27,29,31);6-10,12-13,15-16,18,22,30H,11,24H2,1-5H3,(H,25,26,28,31)/t16-,17-,19-,23-;15-,16-,18-,22-/m11/s1. The van der Waals surface area contributed by atoms with E-state index >= 15 is 0 Å². The average molecular weight is 967 g/mol. The van der Waals surface area contributed by atoms with Gasteiger partial charge in [0.2, 0.25) is 0 Å². The zero-order chi connectivity index (χ0) is 49.3. The number of hydrogen-bond acceptors (Lipinski definition) is 15. The fourth-order valence-corrected chi connectivity index (χ4v) is 10.2. The summed E-state index contributed by atoms with van der Waals surface area (Å²) in [5.74, 6) is 0.0718. The van der Waals surface area contributed by atoms with Crippen LogP contribution in [-0.4, -0.2) is 116 Å². The minimum Gasteiger partial charge on any atom is -0.408 e. The van der Waals surface area contributed by atoms with Gasteiger partial charge >= 0.3 is 0 Å². The van der Waals surface area contributed by atoms with Crippen molar-refractivity contribution in [2.75, 3.05) is 17.2 Å². The third kappa shape index (κ3) is 10.3. The molecule has 68 heavy (non-hydrogen) atoms. The van der Waals surface area contributed by atoms with Crippen molar-refractivity contribution in [2.24, 2.45) is 11.5 Å². The normalized spacial score (nSPS) is 23.4. The van der Waals surface area contributed by atoms with E-state index in [0.717, 1.165) is 6.42 Å². The van der Waals surface area contributed by atoms with Crippen LogP contribution in [0.5, 0.6) is 0 Å². The van der Waals surface area contributed by atoms with Gasteiger partial charge in [0.15, 0.2) is 63.1 Å². The molecule has 21 heteroatoms. The van der Waals surface area contributed by atoms with E-state index in [-0.39, 0.29) is 46.7 Å². The van der Waals surface area contributed by atoms with Crippen molar-refractivity contribution < 1.29 is 33.0 Å². The maximum Gasteiger partial charge on any atom is 0.256 e. The van der Waals surface area contributed by atoms with E-state index in [1.807, 2.05) is 28.8 Å². The zero-order valence-electron chi connectivity index (χ0n) is 40.7. The lowest BCUT2D eigenvalue weighted by molar-refractivity contribution is -0.0462. The number of ether oxygens (including phenoxy) is 2. The molecule has 2 aromatic carbocycles. The summed E-state index contributed by atoms with van der Waals surface area (Å²) >= 11 is 0. The average Bonchev–Trinajstić information content (AvgIpc) is 4.07. The molecule has 2 amide bonds. The largest absolute Gasteiger partial charge is 0.408 e. The van der Waals surface area contributed by atoms with Crippen LogP contribution in [0.3, 0.4) is 0 Å². The number of benzene rings is 2. The zero-order valence-corrected chi connectivity index (χ0v) is 42.7. The maximum absolute atomic E-state index is 12.7. The summed E-state index contributed by atoms with van der Waals surface area (Å²) < 4.78 is 29.5. The van der Waals surface area contributed by atoms with Crippen molar-refractivity contribution in [3.8, 4) is 0 Å². The number of imidazole rings is 2. The molecule has 0 saturated carbocycles. The monoisotopic (exact) mass is 966 g/mol. The number of carbonyl (C=O) groups excluding carboxylic acids is 2. The Morgan fingerprint density at radius 1 is 0.647 bits per heavy atom. The number of carbonyl (C=O) groups is 2. The maximum atomic E-state index is 12.7. The van der Waals surface area contributed by atoms with Gasteiger partial charge < -0.3 is 45.5 Å². The van der Waals surface area contributed by atoms with Crippen molar-refractivity contribution in [3.63, 3.8) is 0 Å². The number of nitrogens with two attached hydrogens (primary N) is 2. The lowest BCUT2D eigenvalue weighted by atomic mass is 10.1. The topological polar surface area (TPSA) is 255 Å². The molecule has 19 nitrogen and oxygen atoms in total. The molecule has 2 saturated heterocycles. The molecule has 0 aliphatic carbocycles. The lowest BCUT2D eigenvalue weighted by Gasteiger charge is -2.40. The van der Waals surface area contributed by atoms with Crippen LogP contribution < -0.4 is 22.1 Å². The number of aromatic nitrogens is 8. The molecule has 8 rings (SSSR count). The molecule has 0 bridgehead atoms. The van der Waals surface area contributed by atoms with Crippen LogP contribution in [-0.2, 0) is 18.3 Å². The summed E-state index contributed by atoms with van der Waals surface area (Å²) in [5.41, 5.74) is 16.1. The summed E-state index contributed by atoms with van der Waals surface area (Å²) in [6.07, 6.45) is 4.09. The Morgan fingerprint density at radius 3 is 1.40 bits per heavy atom. The summed E-state index contributed by atoms with van der Waals surface area (Å²) in [4.78, 5) is 51.7. The van der Waals surface area contributed by atoms with Crippen LogP contribution in [0, 0.1) is 0 Å². The number of aliphatic hydroxyl groups is 1. The minimum absolute atomic E-state index is 0.0234. The van der Waals surface area contributed by atoms with E-state index in [2.05, 4.69) is 115 Å². The van der Waals surface area contributed by atoms with E-state index in [1.165, 1.54) is 12.7 Å². The molecular weight excluding hydrogens is 901 g/mol. The molecule has 0 spiro atoms. The molecule has 8 atom stereocenters. The quantitative estimate of drug-likeness (QED) is 0.0792. The van der Waals surface area contributed by atoms with Gasteiger partial charge in [-0.25, -0.2) is 29.9 Å². The van der Waals surface area contributed by atoms with Gasteiger partial charge in [-0.15, -0.1) is 0 Å². The number of anilines is 2. The van der Waals surface area contributed by atoms with Crippen LogP contribution in [0.1, 0.15) is 88.1 Å². The summed E-state index contributed by atoms with van der Waals surface area (Å²) in [6, 6.07) is 17.0. The molecule has 7 N–H and O–H groups in total. The van der Waals surface area contributed by atoms with Crippen LogP contribution in [0.15, 0.2) is 86.0 Å². The number of nitrogens with one attached hydrogen (secondary N) is 2. The molecular formula is C47H66N12O7Si2. The van der Waals surface area contributed by atoms with Crippen molar-refractivity contribution in [2.45, 2.75) is 140 Å². The first-order valence-electron chi connectivity index (χ1n) is 22.9. The SMILES string of the molecule is CC(C)(C)[Si](C)(C)O[C@@H]1[C@H](N)[C@@H](CO)O[C@H]1n1cnc2c(NC(=O)c3ccccc3)ncnc21.CC[C@H]1O[C@@H](n2cnc3c(NC(=O)c4ccccc4)ncnc32)[C@H](O[Si](C)(C)C(C)(C)C)[C@@H]1N. The van der Waals surface area contributed by atoms with E-state index in [4.69, 9.17) is 29.8 Å². The number of amides is 2. The Hall–Kier alpha value is -5.37. The van der Waals surface area contributed by atoms with Crippen molar-refractivity contribution in [1.29, 1.82) is 0 Å². The Balaban J connectivity index is 0.000000201. The Kier molecular flexibility index (Phi) is 14.8. The van der Waals surface area contributed by atoms with Gasteiger partial charge in [0, 0.05) is 11.1 Å². The number of hydrogen-bond donors (Lipinski definition) is 5. The molecule has 6 aromatic rings. The van der Waals surface area contributed by atoms with Gasteiger partial charge in [-0.05, 0) is 67.0 Å². The second-order valence-corrected chi connectivity index (χ2v) is 29.8. The van der Waals surface area contributed by atoms with Crippen molar-refractivity contribution in [3.05, 3.63) is 97.1 Å². The second-order valence-electron chi connectivity index (χ2n) is 20.3. The summed E-state index contributed by atoms with van der Waals surface area (Å²) in [5, 5.41) is 15.5. The Morgan fingerprint density at radius 2 is 1.03 bits per heavy atom. The highest BCUT2D eigenvalue weighted by atomic mass is 28.4. The van der Waals surface area contributed by atoms with Gasteiger partial charge in [-0.2, -0.15) is 0 Å². The molecule has 2 aliphatic rings. The van der Waals surface area contributed by atoms with Crippen LogP contribution in [0.25, 0.3) is 22.3 Å². The van der Waals surface area contributed by atoms with Gasteiger partial charge in [0.1, 0.15) is 31.0 Å². The molecule has 6 heterocycles. The highest BCUT2D eigenvalue weighted by molar-refractivity contribution is 6.74. The molecule has 2 aliphatic heterocycles. The smallest absolute Gasteiger partial charge is 0.256 e. The van der Waals surface area contributed by atoms with Crippen LogP contribution >= 0.6 is 0 Å². The number of aliphatic hydroxyl groups excluding tert-OH is 1. The predicted molar refractivity (Wildman–Crippen MR) is 265 cm³/mol. The third-order valence-corrected chi connectivity index (χ3v) is 22.6. The first-order chi connectivity index (χ1) is 32.1. The first kappa shape index (κ1) is 50.5. The first-order valence-corrected chi connectivity index (χ1v) is 28.7. The minimum atomic E-state index is -2.21. The van der Waals surface area contributed by atoms with E-state index in [1.54, 1.807) is 53.6 Å². The fraction of sp³-hybridized carbons (Fsp3) is 0.489. The highest BCUT2D eigenvalue weighted by Crippen LogP contribution is 2.44. The Labute approximate surface area is 399 Å². The second kappa shape index (κ2) is 19.9. The van der Waals surface area contributed by atoms with Crippen molar-refractivity contribution in [1.82, 2.24) is 39.0 Å². The molecule has 4 aromatic heterocycles. The summed E-state index contributed by atoms with van der Waals surface area (Å²) in [7, 11) is -4.34. The van der Waals surface area contributed by atoms with Crippen LogP contribution in [0.2, 0.25) is 36.3 Å². The van der Waals surface area contributed by atoms with Crippen molar-refractivity contribution >= 4 is 62.4 Å². The number of rotatable bonds is 12. The molecule has 0 radical (unpaired) electrons. The van der Waals surface area contributed by atoms with Gasteiger partial charge in [0.25, 0.3) is 11.8 Å².